The third kappa shape index (κ3) is 1.85. The molecule has 0 amide bonds. The predicted molar refractivity (Wildman–Crippen MR) is 69.5 cm³/mol. The Bertz CT molecular complexity index is 614. The third-order valence-electron chi connectivity index (χ3n) is 3.01. The fourth-order valence-corrected chi connectivity index (χ4v) is 2.59. The van der Waals surface area contributed by atoms with Crippen molar-refractivity contribution < 1.29 is 0 Å². The maximum absolute atomic E-state index is 11.8. The van der Waals surface area contributed by atoms with Gasteiger partial charge in [-0.15, -0.1) is 0 Å². The van der Waals surface area contributed by atoms with Crippen molar-refractivity contribution in [1.82, 2.24) is 15.1 Å². The van der Waals surface area contributed by atoms with Crippen LogP contribution in [0.15, 0.2) is 33.5 Å². The van der Waals surface area contributed by atoms with E-state index in [9.17, 15) is 4.79 Å². The quantitative estimate of drug-likeness (QED) is 0.839. The Morgan fingerprint density at radius 3 is 3.06 bits per heavy atom. The molecule has 0 bridgehead atoms. The maximum atomic E-state index is 11.8. The first-order chi connectivity index (χ1) is 8.25. The molecule has 0 radical (unpaired) electrons. The summed E-state index contributed by atoms with van der Waals surface area (Å²) in [6, 6.07) is 7.92. The highest BCUT2D eigenvalue weighted by Gasteiger charge is 2.18. The molecule has 0 spiro atoms. The molecule has 5 heteroatoms. The van der Waals surface area contributed by atoms with Crippen molar-refractivity contribution in [2.24, 2.45) is 0 Å². The van der Waals surface area contributed by atoms with Crippen LogP contribution in [0, 0.1) is 0 Å². The van der Waals surface area contributed by atoms with E-state index in [2.05, 4.69) is 26.3 Å². The molecule has 0 unspecified atom stereocenters. The normalized spacial score (nSPS) is 14.6. The minimum atomic E-state index is 0.00664. The molecule has 2 heterocycles. The summed E-state index contributed by atoms with van der Waals surface area (Å²) in [5.41, 5.74) is 2.94. The Labute approximate surface area is 107 Å². The highest BCUT2D eigenvalue weighted by molar-refractivity contribution is 9.10. The fourth-order valence-electron chi connectivity index (χ4n) is 2.20. The number of benzene rings is 1. The molecule has 0 fully saturated rings. The van der Waals surface area contributed by atoms with Crippen LogP contribution in [0.25, 0.3) is 5.69 Å². The Morgan fingerprint density at radius 1 is 1.35 bits per heavy atom. The van der Waals surface area contributed by atoms with E-state index in [-0.39, 0.29) is 5.56 Å². The van der Waals surface area contributed by atoms with E-state index in [1.165, 1.54) is 0 Å². The number of nitrogens with one attached hydrogen (secondary N) is 2. The molecule has 0 aliphatic carbocycles. The Balaban J connectivity index is 2.18. The summed E-state index contributed by atoms with van der Waals surface area (Å²) >= 11 is 3.44. The summed E-state index contributed by atoms with van der Waals surface area (Å²) in [7, 11) is 0. The van der Waals surface area contributed by atoms with Crippen molar-refractivity contribution in [2.75, 3.05) is 6.54 Å². The SMILES string of the molecule is O=c1[nH]n(-c2cccc(Br)c2)c2c1CNCC2. The van der Waals surface area contributed by atoms with Gasteiger partial charge in [-0.2, -0.15) is 0 Å². The Morgan fingerprint density at radius 2 is 2.24 bits per heavy atom. The van der Waals surface area contributed by atoms with Crippen LogP contribution in [0.3, 0.4) is 0 Å². The molecule has 88 valence electrons. The first-order valence-corrected chi connectivity index (χ1v) is 6.34. The van der Waals surface area contributed by atoms with E-state index in [1.54, 1.807) is 0 Å². The number of nitrogens with zero attached hydrogens (tertiary/aromatic N) is 1. The molecule has 2 N–H and O–H groups in total. The molecular formula is C12H12BrN3O. The second-order valence-corrected chi connectivity index (χ2v) is 5.02. The van der Waals surface area contributed by atoms with Crippen molar-refractivity contribution in [3.8, 4) is 5.69 Å². The lowest BCUT2D eigenvalue weighted by atomic mass is 10.1. The van der Waals surface area contributed by atoms with E-state index in [4.69, 9.17) is 0 Å². The maximum Gasteiger partial charge on any atom is 0.269 e. The zero-order valence-electron chi connectivity index (χ0n) is 9.16. The van der Waals surface area contributed by atoms with E-state index in [0.717, 1.165) is 34.4 Å². The summed E-state index contributed by atoms with van der Waals surface area (Å²) in [4.78, 5) is 11.8. The van der Waals surface area contributed by atoms with Gasteiger partial charge in [0.05, 0.1) is 16.9 Å². The topological polar surface area (TPSA) is 49.8 Å². The molecule has 1 aromatic carbocycles. The molecule has 1 aliphatic rings. The van der Waals surface area contributed by atoms with Crippen LogP contribution < -0.4 is 10.9 Å². The standard InChI is InChI=1S/C12H12BrN3O/c13-8-2-1-3-9(6-8)16-11-4-5-14-7-10(11)12(17)15-16/h1-3,6,14H,4-5,7H2,(H,15,17). The number of fused-ring (bicyclic) bond motifs is 1. The van der Waals surface area contributed by atoms with Gasteiger partial charge in [0.15, 0.2) is 0 Å². The lowest BCUT2D eigenvalue weighted by Crippen LogP contribution is -2.26. The Kier molecular flexibility index (Phi) is 2.64. The lowest BCUT2D eigenvalue weighted by molar-refractivity contribution is 0.622. The zero-order chi connectivity index (χ0) is 11.8. The average molecular weight is 294 g/mol. The van der Waals surface area contributed by atoms with Crippen LogP contribution >= 0.6 is 15.9 Å². The average Bonchev–Trinajstić information content (AvgIpc) is 2.68. The summed E-state index contributed by atoms with van der Waals surface area (Å²) in [6.45, 7) is 1.57. The highest BCUT2D eigenvalue weighted by atomic mass is 79.9. The molecule has 17 heavy (non-hydrogen) atoms. The summed E-state index contributed by atoms with van der Waals surface area (Å²) in [6.07, 6.45) is 0.876. The van der Waals surface area contributed by atoms with E-state index >= 15 is 0 Å². The van der Waals surface area contributed by atoms with Crippen LogP contribution in [0.5, 0.6) is 0 Å². The fraction of sp³-hybridized carbons (Fsp3) is 0.250. The van der Waals surface area contributed by atoms with Crippen molar-refractivity contribution in [3.05, 3.63) is 50.3 Å². The van der Waals surface area contributed by atoms with Crippen LogP contribution in [0.2, 0.25) is 0 Å². The molecule has 1 aliphatic heterocycles. The molecule has 2 aromatic rings. The second kappa shape index (κ2) is 4.16. The number of aromatic nitrogens is 2. The Hall–Kier alpha value is -1.33. The highest BCUT2D eigenvalue weighted by Crippen LogP contribution is 2.18. The van der Waals surface area contributed by atoms with E-state index in [1.807, 2.05) is 28.9 Å². The van der Waals surface area contributed by atoms with Gasteiger partial charge >= 0.3 is 0 Å². The third-order valence-corrected chi connectivity index (χ3v) is 3.51. The van der Waals surface area contributed by atoms with Gasteiger partial charge in [-0.1, -0.05) is 22.0 Å². The summed E-state index contributed by atoms with van der Waals surface area (Å²) < 4.78 is 2.90. The zero-order valence-corrected chi connectivity index (χ0v) is 10.8. The van der Waals surface area contributed by atoms with Gasteiger partial charge < -0.3 is 5.32 Å². The van der Waals surface area contributed by atoms with Crippen molar-refractivity contribution >= 4 is 15.9 Å². The smallest absolute Gasteiger partial charge is 0.269 e. The van der Waals surface area contributed by atoms with Crippen molar-refractivity contribution in [2.45, 2.75) is 13.0 Å². The van der Waals surface area contributed by atoms with Crippen LogP contribution in [-0.4, -0.2) is 16.3 Å². The minimum absolute atomic E-state index is 0.00664. The van der Waals surface area contributed by atoms with Crippen molar-refractivity contribution in [1.29, 1.82) is 0 Å². The molecular weight excluding hydrogens is 282 g/mol. The summed E-state index contributed by atoms with van der Waals surface area (Å²) in [5.74, 6) is 0. The van der Waals surface area contributed by atoms with Crippen LogP contribution in [0.1, 0.15) is 11.3 Å². The number of hydrogen-bond acceptors (Lipinski definition) is 2. The number of rotatable bonds is 1. The number of H-pyrrole nitrogens is 1. The first-order valence-electron chi connectivity index (χ1n) is 5.55. The van der Waals surface area contributed by atoms with Gasteiger partial charge in [-0.05, 0) is 18.2 Å². The van der Waals surface area contributed by atoms with Gasteiger partial charge in [0, 0.05) is 24.0 Å². The molecule has 3 rings (SSSR count). The predicted octanol–water partition coefficient (Wildman–Crippen LogP) is 1.57. The van der Waals surface area contributed by atoms with Gasteiger partial charge in [0.25, 0.3) is 5.56 Å². The van der Waals surface area contributed by atoms with Gasteiger partial charge in [0.1, 0.15) is 0 Å². The van der Waals surface area contributed by atoms with Gasteiger partial charge in [-0.3, -0.25) is 14.6 Å². The molecule has 0 saturated heterocycles. The first kappa shape index (κ1) is 10.8. The van der Waals surface area contributed by atoms with Crippen molar-refractivity contribution in [3.63, 3.8) is 0 Å². The van der Waals surface area contributed by atoms with Gasteiger partial charge in [0.2, 0.25) is 0 Å². The second-order valence-electron chi connectivity index (χ2n) is 4.11. The molecule has 0 atom stereocenters. The number of aromatic amines is 1. The molecule has 1 aromatic heterocycles. The monoisotopic (exact) mass is 293 g/mol. The van der Waals surface area contributed by atoms with E-state index < -0.39 is 0 Å². The van der Waals surface area contributed by atoms with Gasteiger partial charge in [-0.25, -0.2) is 0 Å². The number of hydrogen-bond donors (Lipinski definition) is 2. The summed E-state index contributed by atoms with van der Waals surface area (Å²) in [5, 5.41) is 6.11. The lowest BCUT2D eigenvalue weighted by Gasteiger charge is -2.15. The van der Waals surface area contributed by atoms with Crippen LogP contribution in [-0.2, 0) is 13.0 Å². The minimum Gasteiger partial charge on any atom is -0.312 e. The number of halogens is 1. The van der Waals surface area contributed by atoms with Crippen LogP contribution in [0.4, 0.5) is 0 Å². The molecule has 4 nitrogen and oxygen atoms in total. The van der Waals surface area contributed by atoms with E-state index in [0.29, 0.717) is 6.54 Å². The largest absolute Gasteiger partial charge is 0.312 e. The molecule has 0 saturated carbocycles.